The number of aryl methyl sites for hydroxylation is 2. The molecule has 2 N–H and O–H groups in total. The van der Waals surface area contributed by atoms with Crippen LogP contribution in [0.1, 0.15) is 43.0 Å². The van der Waals surface area contributed by atoms with Gasteiger partial charge in [-0.15, -0.1) is 0 Å². The molecule has 2 rings (SSSR count). The quantitative estimate of drug-likeness (QED) is 0.903. The third-order valence-electron chi connectivity index (χ3n) is 4.82. The second-order valence-electron chi connectivity index (χ2n) is 6.35. The molecular formula is C17H28N2. The first-order valence-corrected chi connectivity index (χ1v) is 7.54. The molecule has 1 saturated heterocycles. The van der Waals surface area contributed by atoms with Gasteiger partial charge in [0.05, 0.1) is 0 Å². The molecule has 1 aromatic carbocycles. The van der Waals surface area contributed by atoms with Gasteiger partial charge in [0.25, 0.3) is 0 Å². The minimum absolute atomic E-state index is 0.384. The Morgan fingerprint density at radius 1 is 1.26 bits per heavy atom. The molecule has 1 aliphatic heterocycles. The number of benzene rings is 1. The Bertz CT molecular complexity index is 427. The lowest BCUT2D eigenvalue weighted by Gasteiger charge is -2.40. The Morgan fingerprint density at radius 2 is 2.00 bits per heavy atom. The number of hydrogen-bond donors (Lipinski definition) is 1. The molecule has 0 amide bonds. The summed E-state index contributed by atoms with van der Waals surface area (Å²) in [7, 11) is 0. The molecule has 3 unspecified atom stereocenters. The molecule has 0 bridgehead atoms. The summed E-state index contributed by atoms with van der Waals surface area (Å²) in [6.07, 6.45) is 1.29. The van der Waals surface area contributed by atoms with Crippen LogP contribution in [-0.4, -0.2) is 24.5 Å². The number of nitrogens with two attached hydrogens (primary N) is 1. The maximum Gasteiger partial charge on any atom is 0.0473 e. The van der Waals surface area contributed by atoms with Crippen LogP contribution in [-0.2, 0) is 0 Å². The number of likely N-dealkylation sites (tertiary alicyclic amines) is 1. The molecule has 1 aromatic rings. The molecule has 0 saturated carbocycles. The maximum absolute atomic E-state index is 6.09. The van der Waals surface area contributed by atoms with E-state index in [9.17, 15) is 0 Å². The highest BCUT2D eigenvalue weighted by molar-refractivity contribution is 5.33. The van der Waals surface area contributed by atoms with Crippen molar-refractivity contribution in [1.82, 2.24) is 4.90 Å². The number of piperidine rings is 1. The van der Waals surface area contributed by atoms with E-state index in [-0.39, 0.29) is 0 Å². The van der Waals surface area contributed by atoms with Gasteiger partial charge in [0.2, 0.25) is 0 Å². The minimum Gasteiger partial charge on any atom is -0.329 e. The SMILES string of the molecule is Cc1ccc(C)c(C(CN)N2CCC(C)C(C)C2)c1. The molecule has 0 spiro atoms. The van der Waals surface area contributed by atoms with Gasteiger partial charge in [-0.2, -0.15) is 0 Å². The Kier molecular flexibility index (Phi) is 4.64. The van der Waals surface area contributed by atoms with Crippen molar-refractivity contribution in [2.45, 2.75) is 40.2 Å². The van der Waals surface area contributed by atoms with Crippen LogP contribution in [0.3, 0.4) is 0 Å². The number of rotatable bonds is 3. The van der Waals surface area contributed by atoms with Crippen molar-refractivity contribution in [3.8, 4) is 0 Å². The largest absolute Gasteiger partial charge is 0.329 e. The van der Waals surface area contributed by atoms with E-state index in [0.717, 1.165) is 11.8 Å². The van der Waals surface area contributed by atoms with Crippen molar-refractivity contribution >= 4 is 0 Å². The van der Waals surface area contributed by atoms with Crippen molar-refractivity contribution in [1.29, 1.82) is 0 Å². The second-order valence-corrected chi connectivity index (χ2v) is 6.35. The van der Waals surface area contributed by atoms with Gasteiger partial charge in [-0.3, -0.25) is 4.90 Å². The summed E-state index contributed by atoms with van der Waals surface area (Å²) in [5.41, 5.74) is 10.2. The molecule has 19 heavy (non-hydrogen) atoms. The van der Waals surface area contributed by atoms with Gasteiger partial charge in [-0.25, -0.2) is 0 Å². The standard InChI is InChI=1S/C17H28N2/c1-12-5-6-14(3)16(9-12)17(10-18)19-8-7-13(2)15(4)11-19/h5-6,9,13,15,17H,7-8,10-11,18H2,1-4H3. The fraction of sp³-hybridized carbons (Fsp3) is 0.647. The molecule has 1 aliphatic rings. The van der Waals surface area contributed by atoms with E-state index in [1.807, 2.05) is 0 Å². The van der Waals surface area contributed by atoms with Gasteiger partial charge in [-0.05, 0) is 49.8 Å². The van der Waals surface area contributed by atoms with E-state index in [2.05, 4.69) is 50.8 Å². The van der Waals surface area contributed by atoms with Crippen LogP contribution in [0.2, 0.25) is 0 Å². The molecule has 0 aliphatic carbocycles. The van der Waals surface area contributed by atoms with E-state index in [4.69, 9.17) is 5.73 Å². The lowest BCUT2D eigenvalue weighted by molar-refractivity contribution is 0.0980. The molecule has 3 atom stereocenters. The van der Waals surface area contributed by atoms with E-state index in [1.54, 1.807) is 0 Å². The molecular weight excluding hydrogens is 232 g/mol. The van der Waals surface area contributed by atoms with Crippen LogP contribution in [0.4, 0.5) is 0 Å². The molecule has 1 fully saturated rings. The van der Waals surface area contributed by atoms with Crippen molar-refractivity contribution in [2.75, 3.05) is 19.6 Å². The Hall–Kier alpha value is -0.860. The first kappa shape index (κ1) is 14.5. The van der Waals surface area contributed by atoms with E-state index < -0.39 is 0 Å². The van der Waals surface area contributed by atoms with Crippen LogP contribution in [0, 0.1) is 25.7 Å². The Balaban J connectivity index is 2.22. The average Bonchev–Trinajstić information content (AvgIpc) is 2.38. The van der Waals surface area contributed by atoms with Crippen LogP contribution in [0.25, 0.3) is 0 Å². The fourth-order valence-electron chi connectivity index (χ4n) is 3.17. The van der Waals surface area contributed by atoms with Crippen LogP contribution < -0.4 is 5.73 Å². The van der Waals surface area contributed by atoms with Gasteiger partial charge in [0.15, 0.2) is 0 Å². The van der Waals surface area contributed by atoms with Gasteiger partial charge in [0, 0.05) is 19.1 Å². The summed E-state index contributed by atoms with van der Waals surface area (Å²) < 4.78 is 0. The summed E-state index contributed by atoms with van der Waals surface area (Å²) in [5, 5.41) is 0. The first-order valence-electron chi connectivity index (χ1n) is 7.54. The van der Waals surface area contributed by atoms with Gasteiger partial charge >= 0.3 is 0 Å². The zero-order valence-electron chi connectivity index (χ0n) is 12.8. The summed E-state index contributed by atoms with van der Waals surface area (Å²) in [5.74, 6) is 1.61. The van der Waals surface area contributed by atoms with E-state index >= 15 is 0 Å². The lowest BCUT2D eigenvalue weighted by Crippen LogP contribution is -2.43. The third-order valence-corrected chi connectivity index (χ3v) is 4.82. The summed E-state index contributed by atoms with van der Waals surface area (Å²) in [4.78, 5) is 2.59. The Morgan fingerprint density at radius 3 is 2.63 bits per heavy atom. The topological polar surface area (TPSA) is 29.3 Å². The highest BCUT2D eigenvalue weighted by Gasteiger charge is 2.28. The average molecular weight is 260 g/mol. The summed E-state index contributed by atoms with van der Waals surface area (Å²) in [6.45, 7) is 12.2. The lowest BCUT2D eigenvalue weighted by atomic mass is 9.86. The van der Waals surface area contributed by atoms with E-state index in [0.29, 0.717) is 12.6 Å². The zero-order valence-corrected chi connectivity index (χ0v) is 12.8. The molecule has 0 aromatic heterocycles. The fourth-order valence-corrected chi connectivity index (χ4v) is 3.17. The minimum atomic E-state index is 0.384. The van der Waals surface area contributed by atoms with Crippen molar-refractivity contribution in [3.63, 3.8) is 0 Å². The summed E-state index contributed by atoms with van der Waals surface area (Å²) >= 11 is 0. The van der Waals surface area contributed by atoms with Crippen molar-refractivity contribution in [2.24, 2.45) is 17.6 Å². The van der Waals surface area contributed by atoms with Gasteiger partial charge < -0.3 is 5.73 Å². The molecule has 0 radical (unpaired) electrons. The van der Waals surface area contributed by atoms with Gasteiger partial charge in [-0.1, -0.05) is 37.6 Å². The van der Waals surface area contributed by atoms with Crippen LogP contribution >= 0.6 is 0 Å². The van der Waals surface area contributed by atoms with Crippen LogP contribution in [0.5, 0.6) is 0 Å². The summed E-state index contributed by atoms with van der Waals surface area (Å²) in [6, 6.07) is 7.11. The Labute approximate surface area is 118 Å². The number of hydrogen-bond acceptors (Lipinski definition) is 2. The second kappa shape index (κ2) is 6.06. The highest BCUT2D eigenvalue weighted by Crippen LogP contribution is 2.31. The molecule has 1 heterocycles. The maximum atomic E-state index is 6.09. The molecule has 106 valence electrons. The first-order chi connectivity index (χ1) is 9.02. The predicted molar refractivity (Wildman–Crippen MR) is 82.2 cm³/mol. The normalized spacial score (nSPS) is 26.4. The van der Waals surface area contributed by atoms with Crippen molar-refractivity contribution in [3.05, 3.63) is 34.9 Å². The highest BCUT2D eigenvalue weighted by atomic mass is 15.2. The van der Waals surface area contributed by atoms with Crippen molar-refractivity contribution < 1.29 is 0 Å². The molecule has 2 nitrogen and oxygen atoms in total. The van der Waals surface area contributed by atoms with Crippen LogP contribution in [0.15, 0.2) is 18.2 Å². The smallest absolute Gasteiger partial charge is 0.0473 e. The van der Waals surface area contributed by atoms with Gasteiger partial charge in [0.1, 0.15) is 0 Å². The predicted octanol–water partition coefficient (Wildman–Crippen LogP) is 3.28. The molecule has 2 heteroatoms. The third kappa shape index (κ3) is 3.18. The van der Waals surface area contributed by atoms with E-state index in [1.165, 1.54) is 36.2 Å². The zero-order chi connectivity index (χ0) is 14.0. The number of nitrogens with zero attached hydrogens (tertiary/aromatic N) is 1. The monoisotopic (exact) mass is 260 g/mol.